The summed E-state index contributed by atoms with van der Waals surface area (Å²) < 4.78 is 0. The van der Waals surface area contributed by atoms with Gasteiger partial charge >= 0.3 is 18.9 Å². The Morgan fingerprint density at radius 1 is 1.40 bits per heavy atom. The number of carbonyl (C=O) groups is 1. The molecule has 0 spiro atoms. The zero-order valence-electron chi connectivity index (χ0n) is 7.39. The Balaban J connectivity index is 0. The SMILES string of the molecule is CC(C(=O)[O-])C(C)(C)C.[Li+]. The molecule has 0 aromatic rings. The molecule has 0 aromatic heterocycles. The van der Waals surface area contributed by atoms with E-state index in [9.17, 15) is 9.90 Å². The van der Waals surface area contributed by atoms with Gasteiger partial charge < -0.3 is 9.90 Å². The Hall–Kier alpha value is 0.0674. The van der Waals surface area contributed by atoms with Crippen LogP contribution in [0.5, 0.6) is 0 Å². The fourth-order valence-electron chi connectivity index (χ4n) is 0.354. The van der Waals surface area contributed by atoms with Crippen LogP contribution >= 0.6 is 0 Å². The Labute approximate surface area is 74.2 Å². The maximum atomic E-state index is 10.2. The second-order valence-corrected chi connectivity index (χ2v) is 3.41. The van der Waals surface area contributed by atoms with Gasteiger partial charge in [-0.15, -0.1) is 0 Å². The molecule has 0 radical (unpaired) electrons. The maximum absolute atomic E-state index is 10.2. The summed E-state index contributed by atoms with van der Waals surface area (Å²) in [5.74, 6) is -1.35. The van der Waals surface area contributed by atoms with Crippen LogP contribution < -0.4 is 24.0 Å². The van der Waals surface area contributed by atoms with E-state index < -0.39 is 5.97 Å². The predicted octanol–water partition coefficient (Wildman–Crippen LogP) is -2.58. The molecule has 0 aliphatic carbocycles. The molecule has 54 valence electrons. The third-order valence-corrected chi connectivity index (χ3v) is 1.65. The van der Waals surface area contributed by atoms with E-state index in [1.807, 2.05) is 20.8 Å². The molecule has 1 atom stereocenters. The standard InChI is InChI=1S/C7H14O2.Li/c1-5(6(8)9)7(2,3)4;/h5H,1-4H3,(H,8,9);/q;+1/p-1. The molecule has 0 aromatic carbocycles. The van der Waals surface area contributed by atoms with Gasteiger partial charge in [-0.05, 0) is 5.41 Å². The summed E-state index contributed by atoms with van der Waals surface area (Å²) >= 11 is 0. The molecular weight excluding hydrogens is 123 g/mol. The van der Waals surface area contributed by atoms with Crippen LogP contribution in [-0.2, 0) is 4.79 Å². The number of carboxylic acid groups (broad SMARTS) is 1. The average molecular weight is 136 g/mol. The first-order valence-corrected chi connectivity index (χ1v) is 3.06. The van der Waals surface area contributed by atoms with E-state index >= 15 is 0 Å². The number of hydrogen-bond acceptors (Lipinski definition) is 2. The van der Waals surface area contributed by atoms with E-state index in [2.05, 4.69) is 0 Å². The quantitative estimate of drug-likeness (QED) is 0.371. The van der Waals surface area contributed by atoms with Crippen LogP contribution in [0.4, 0.5) is 0 Å². The van der Waals surface area contributed by atoms with Crippen LogP contribution in [0.2, 0.25) is 0 Å². The van der Waals surface area contributed by atoms with Gasteiger partial charge in [0.25, 0.3) is 0 Å². The largest absolute Gasteiger partial charge is 1.00 e. The van der Waals surface area contributed by atoms with Crippen LogP contribution in [-0.4, -0.2) is 5.97 Å². The molecule has 1 unspecified atom stereocenters. The summed E-state index contributed by atoms with van der Waals surface area (Å²) in [6.45, 7) is 7.31. The predicted molar refractivity (Wildman–Crippen MR) is 33.6 cm³/mol. The van der Waals surface area contributed by atoms with Crippen LogP contribution in [0.3, 0.4) is 0 Å². The van der Waals surface area contributed by atoms with Crippen molar-refractivity contribution in [1.82, 2.24) is 0 Å². The smallest absolute Gasteiger partial charge is 0.550 e. The molecule has 10 heavy (non-hydrogen) atoms. The third kappa shape index (κ3) is 3.98. The van der Waals surface area contributed by atoms with Crippen molar-refractivity contribution in [3.05, 3.63) is 0 Å². The average Bonchev–Trinajstić information content (AvgIpc) is 1.62. The first-order valence-electron chi connectivity index (χ1n) is 3.06. The van der Waals surface area contributed by atoms with Crippen LogP contribution in [0.15, 0.2) is 0 Å². The molecule has 0 saturated carbocycles. The van der Waals surface area contributed by atoms with Crippen molar-refractivity contribution in [2.75, 3.05) is 0 Å². The van der Waals surface area contributed by atoms with E-state index in [1.54, 1.807) is 6.92 Å². The summed E-state index contributed by atoms with van der Waals surface area (Å²) in [7, 11) is 0. The minimum absolute atomic E-state index is 0. The topological polar surface area (TPSA) is 40.1 Å². The first-order chi connectivity index (χ1) is 3.85. The van der Waals surface area contributed by atoms with Gasteiger partial charge in [0.15, 0.2) is 0 Å². The number of hydrogen-bond donors (Lipinski definition) is 0. The molecule has 2 nitrogen and oxygen atoms in total. The molecule has 3 heteroatoms. The van der Waals surface area contributed by atoms with Crippen LogP contribution in [0.25, 0.3) is 0 Å². The maximum Gasteiger partial charge on any atom is 1.00 e. The van der Waals surface area contributed by atoms with Crippen LogP contribution in [0, 0.1) is 11.3 Å². The molecule has 0 aliphatic heterocycles. The summed E-state index contributed by atoms with van der Waals surface area (Å²) in [5, 5.41) is 10.2. The second-order valence-electron chi connectivity index (χ2n) is 3.41. The third-order valence-electron chi connectivity index (χ3n) is 1.65. The van der Waals surface area contributed by atoms with E-state index in [1.165, 1.54) is 0 Å². The molecule has 0 saturated heterocycles. The molecule has 0 rings (SSSR count). The van der Waals surface area contributed by atoms with E-state index in [0.717, 1.165) is 0 Å². The molecule has 0 fully saturated rings. The van der Waals surface area contributed by atoms with Gasteiger partial charge in [0, 0.05) is 11.9 Å². The molecule has 0 aliphatic rings. The minimum atomic E-state index is -0.970. The summed E-state index contributed by atoms with van der Waals surface area (Å²) in [5.41, 5.74) is -0.182. The fourth-order valence-corrected chi connectivity index (χ4v) is 0.354. The van der Waals surface area contributed by atoms with Crippen molar-refractivity contribution < 1.29 is 28.8 Å². The fraction of sp³-hybridized carbons (Fsp3) is 0.857. The van der Waals surface area contributed by atoms with Crippen LogP contribution in [0.1, 0.15) is 27.7 Å². The second kappa shape index (κ2) is 4.05. The minimum Gasteiger partial charge on any atom is -0.550 e. The summed E-state index contributed by atoms with van der Waals surface area (Å²) in [4.78, 5) is 10.2. The zero-order valence-corrected chi connectivity index (χ0v) is 7.39. The molecule has 0 heterocycles. The zero-order chi connectivity index (χ0) is 7.65. The molecule has 0 bridgehead atoms. The van der Waals surface area contributed by atoms with Crippen molar-refractivity contribution >= 4 is 5.97 Å². The van der Waals surface area contributed by atoms with Gasteiger partial charge in [0.1, 0.15) is 0 Å². The van der Waals surface area contributed by atoms with Gasteiger partial charge in [-0.3, -0.25) is 0 Å². The van der Waals surface area contributed by atoms with Crippen molar-refractivity contribution in [2.45, 2.75) is 27.7 Å². The van der Waals surface area contributed by atoms with Gasteiger partial charge in [0.2, 0.25) is 0 Å². The molecule has 0 amide bonds. The Morgan fingerprint density at radius 3 is 1.70 bits per heavy atom. The van der Waals surface area contributed by atoms with Crippen molar-refractivity contribution in [2.24, 2.45) is 11.3 Å². The van der Waals surface area contributed by atoms with Gasteiger partial charge in [-0.1, -0.05) is 27.7 Å². The van der Waals surface area contributed by atoms with Crippen molar-refractivity contribution in [3.63, 3.8) is 0 Å². The van der Waals surface area contributed by atoms with Crippen molar-refractivity contribution in [3.8, 4) is 0 Å². The van der Waals surface area contributed by atoms with E-state index in [0.29, 0.717) is 0 Å². The van der Waals surface area contributed by atoms with E-state index in [-0.39, 0.29) is 30.2 Å². The Bertz CT molecular complexity index is 115. The summed E-state index contributed by atoms with van der Waals surface area (Å²) in [6, 6.07) is 0. The number of aliphatic carboxylic acids is 1. The Morgan fingerprint density at radius 2 is 1.70 bits per heavy atom. The van der Waals surface area contributed by atoms with Gasteiger partial charge in [-0.2, -0.15) is 0 Å². The number of carbonyl (C=O) groups excluding carboxylic acids is 1. The monoisotopic (exact) mass is 136 g/mol. The van der Waals surface area contributed by atoms with Crippen molar-refractivity contribution in [1.29, 1.82) is 0 Å². The molecular formula is C7H13LiO2. The Kier molecular flexibility index (Phi) is 5.15. The number of carboxylic acids is 1. The van der Waals surface area contributed by atoms with Gasteiger partial charge in [0.05, 0.1) is 0 Å². The number of rotatable bonds is 1. The molecule has 0 N–H and O–H groups in total. The van der Waals surface area contributed by atoms with Gasteiger partial charge in [-0.25, -0.2) is 0 Å². The normalized spacial score (nSPS) is 13.6. The first kappa shape index (κ1) is 12.7. The van der Waals surface area contributed by atoms with E-state index in [4.69, 9.17) is 0 Å². The summed E-state index contributed by atoms with van der Waals surface area (Å²) in [6.07, 6.45) is 0.